The molecule has 2 unspecified atom stereocenters. The highest BCUT2D eigenvalue weighted by atomic mass is 79.9. The van der Waals surface area contributed by atoms with Gasteiger partial charge >= 0.3 is 0 Å². The van der Waals surface area contributed by atoms with Crippen molar-refractivity contribution in [2.45, 2.75) is 18.6 Å². The smallest absolute Gasteiger partial charge is 0.107 e. The van der Waals surface area contributed by atoms with E-state index in [1.807, 2.05) is 0 Å². The van der Waals surface area contributed by atoms with Crippen LogP contribution >= 0.6 is 27.3 Å². The molecular formula is C8H10BrNOS. The van der Waals surface area contributed by atoms with E-state index in [2.05, 4.69) is 27.4 Å². The first-order chi connectivity index (χ1) is 5.77. The molecule has 2 rings (SSSR count). The van der Waals surface area contributed by atoms with Crippen molar-refractivity contribution < 1.29 is 4.74 Å². The Bertz CT molecular complexity index is 276. The van der Waals surface area contributed by atoms with Crippen LogP contribution in [0.25, 0.3) is 0 Å². The third-order valence-electron chi connectivity index (χ3n) is 2.01. The lowest BCUT2D eigenvalue weighted by molar-refractivity contribution is 0.108. The van der Waals surface area contributed by atoms with Crippen molar-refractivity contribution in [3.05, 3.63) is 20.8 Å². The van der Waals surface area contributed by atoms with Crippen LogP contribution in [0.3, 0.4) is 0 Å². The molecule has 66 valence electrons. The highest BCUT2D eigenvalue weighted by Gasteiger charge is 2.27. The van der Waals surface area contributed by atoms with E-state index in [1.165, 1.54) is 4.88 Å². The highest BCUT2D eigenvalue weighted by Crippen LogP contribution is 2.33. The summed E-state index contributed by atoms with van der Waals surface area (Å²) in [5.41, 5.74) is 5.89. The number of hydrogen-bond donors (Lipinski definition) is 1. The maximum absolute atomic E-state index is 5.89. The van der Waals surface area contributed by atoms with Crippen molar-refractivity contribution in [2.24, 2.45) is 5.73 Å². The number of thiophene rings is 1. The predicted octanol–water partition coefficient (Wildman–Crippen LogP) is 2.30. The van der Waals surface area contributed by atoms with Crippen LogP contribution in [0.5, 0.6) is 0 Å². The topological polar surface area (TPSA) is 35.2 Å². The largest absolute Gasteiger partial charge is 0.371 e. The normalized spacial score (nSPS) is 29.5. The summed E-state index contributed by atoms with van der Waals surface area (Å²) in [5, 5.41) is 2.06. The van der Waals surface area contributed by atoms with Gasteiger partial charge in [0.2, 0.25) is 0 Å². The van der Waals surface area contributed by atoms with E-state index in [-0.39, 0.29) is 12.1 Å². The molecule has 0 saturated carbocycles. The summed E-state index contributed by atoms with van der Waals surface area (Å²) < 4.78 is 6.65. The van der Waals surface area contributed by atoms with E-state index in [4.69, 9.17) is 10.5 Å². The van der Waals surface area contributed by atoms with Crippen molar-refractivity contribution >= 4 is 27.3 Å². The number of hydrogen-bond acceptors (Lipinski definition) is 3. The van der Waals surface area contributed by atoms with Gasteiger partial charge in [-0.3, -0.25) is 0 Å². The first kappa shape index (κ1) is 8.69. The van der Waals surface area contributed by atoms with Gasteiger partial charge in [-0.15, -0.1) is 11.3 Å². The molecule has 0 bridgehead atoms. The Kier molecular flexibility index (Phi) is 2.50. The van der Waals surface area contributed by atoms with E-state index in [1.54, 1.807) is 11.3 Å². The van der Waals surface area contributed by atoms with Crippen LogP contribution in [0.15, 0.2) is 15.9 Å². The molecule has 1 aromatic rings. The van der Waals surface area contributed by atoms with Gasteiger partial charge < -0.3 is 10.5 Å². The second kappa shape index (κ2) is 3.46. The average molecular weight is 248 g/mol. The Morgan fingerprint density at radius 3 is 3.00 bits per heavy atom. The number of ether oxygens (including phenoxy) is 1. The summed E-state index contributed by atoms with van der Waals surface area (Å²) in [4.78, 5) is 1.23. The summed E-state index contributed by atoms with van der Waals surface area (Å²) in [5.74, 6) is 0. The van der Waals surface area contributed by atoms with Crippen LogP contribution in [0.4, 0.5) is 0 Å². The number of halogens is 1. The van der Waals surface area contributed by atoms with Crippen LogP contribution < -0.4 is 5.73 Å². The van der Waals surface area contributed by atoms with Crippen LogP contribution in [0.2, 0.25) is 0 Å². The van der Waals surface area contributed by atoms with Crippen LogP contribution in [0.1, 0.15) is 17.4 Å². The van der Waals surface area contributed by atoms with Gasteiger partial charge in [-0.1, -0.05) is 0 Å². The molecule has 1 fully saturated rings. The molecule has 1 saturated heterocycles. The lowest BCUT2D eigenvalue weighted by Gasteiger charge is -2.11. The van der Waals surface area contributed by atoms with Gasteiger partial charge in [0.1, 0.15) is 6.10 Å². The van der Waals surface area contributed by atoms with Crippen molar-refractivity contribution in [2.75, 3.05) is 6.61 Å². The van der Waals surface area contributed by atoms with E-state index in [9.17, 15) is 0 Å². The lowest BCUT2D eigenvalue weighted by atomic mass is 10.1. The second-order valence-electron chi connectivity index (χ2n) is 2.91. The molecule has 2 heterocycles. The first-order valence-electron chi connectivity index (χ1n) is 3.88. The van der Waals surface area contributed by atoms with E-state index >= 15 is 0 Å². The van der Waals surface area contributed by atoms with Crippen LogP contribution in [-0.2, 0) is 4.74 Å². The Morgan fingerprint density at radius 2 is 2.50 bits per heavy atom. The summed E-state index contributed by atoms with van der Waals surface area (Å²) in [6.07, 6.45) is 1.10. The molecule has 2 nitrogen and oxygen atoms in total. The zero-order valence-electron chi connectivity index (χ0n) is 6.50. The van der Waals surface area contributed by atoms with Gasteiger partial charge in [0, 0.05) is 27.4 Å². The fourth-order valence-corrected chi connectivity index (χ4v) is 2.94. The van der Waals surface area contributed by atoms with E-state index in [0.717, 1.165) is 17.5 Å². The third kappa shape index (κ3) is 1.57. The standard InChI is InChI=1S/C8H10BrNOS/c9-5-3-7(12-4-5)8-6(10)1-2-11-8/h3-4,6,8H,1-2,10H2. The monoisotopic (exact) mass is 247 g/mol. The van der Waals surface area contributed by atoms with Crippen LogP contribution in [-0.4, -0.2) is 12.6 Å². The van der Waals surface area contributed by atoms with Gasteiger partial charge in [-0.05, 0) is 28.4 Å². The molecule has 2 atom stereocenters. The van der Waals surface area contributed by atoms with Crippen molar-refractivity contribution in [3.63, 3.8) is 0 Å². The van der Waals surface area contributed by atoms with Gasteiger partial charge in [-0.2, -0.15) is 0 Å². The molecule has 12 heavy (non-hydrogen) atoms. The minimum atomic E-state index is 0.126. The zero-order valence-corrected chi connectivity index (χ0v) is 8.90. The summed E-state index contributed by atoms with van der Waals surface area (Å²) in [7, 11) is 0. The molecule has 1 aliphatic heterocycles. The molecule has 0 aromatic carbocycles. The van der Waals surface area contributed by atoms with Gasteiger partial charge in [-0.25, -0.2) is 0 Å². The maximum atomic E-state index is 5.89. The fourth-order valence-electron chi connectivity index (χ4n) is 1.38. The molecule has 4 heteroatoms. The lowest BCUT2D eigenvalue weighted by Crippen LogP contribution is -2.22. The maximum Gasteiger partial charge on any atom is 0.107 e. The predicted molar refractivity (Wildman–Crippen MR) is 53.3 cm³/mol. The number of rotatable bonds is 1. The molecule has 2 N–H and O–H groups in total. The highest BCUT2D eigenvalue weighted by molar-refractivity contribution is 9.10. The SMILES string of the molecule is NC1CCOC1c1cc(Br)cs1. The van der Waals surface area contributed by atoms with Crippen molar-refractivity contribution in [1.29, 1.82) is 0 Å². The summed E-state index contributed by atoms with van der Waals surface area (Å²) in [6.45, 7) is 0.793. The van der Waals surface area contributed by atoms with Crippen molar-refractivity contribution in [3.8, 4) is 0 Å². The third-order valence-corrected chi connectivity index (χ3v) is 3.76. The van der Waals surface area contributed by atoms with Gasteiger partial charge in [0.05, 0.1) is 0 Å². The Balaban J connectivity index is 2.19. The second-order valence-corrected chi connectivity index (χ2v) is 4.77. The Labute approximate surface area is 83.8 Å². The first-order valence-corrected chi connectivity index (χ1v) is 5.56. The quantitative estimate of drug-likeness (QED) is 0.827. The fraction of sp³-hybridized carbons (Fsp3) is 0.500. The molecule has 1 aliphatic rings. The molecule has 0 amide bonds. The summed E-state index contributed by atoms with van der Waals surface area (Å²) >= 11 is 5.11. The molecule has 0 radical (unpaired) electrons. The Morgan fingerprint density at radius 1 is 1.67 bits per heavy atom. The number of nitrogens with two attached hydrogens (primary N) is 1. The average Bonchev–Trinajstić information content (AvgIpc) is 2.58. The molecule has 0 aliphatic carbocycles. The van der Waals surface area contributed by atoms with Crippen molar-refractivity contribution in [1.82, 2.24) is 0 Å². The van der Waals surface area contributed by atoms with Gasteiger partial charge in [0.25, 0.3) is 0 Å². The zero-order chi connectivity index (χ0) is 8.55. The molecule has 0 spiro atoms. The van der Waals surface area contributed by atoms with Gasteiger partial charge in [0.15, 0.2) is 0 Å². The van der Waals surface area contributed by atoms with E-state index < -0.39 is 0 Å². The van der Waals surface area contributed by atoms with Crippen LogP contribution in [0, 0.1) is 0 Å². The summed E-state index contributed by atoms with van der Waals surface area (Å²) in [6, 6.07) is 2.26. The molecule has 1 aromatic heterocycles. The van der Waals surface area contributed by atoms with E-state index in [0.29, 0.717) is 0 Å². The Hall–Kier alpha value is 0.1000. The minimum absolute atomic E-state index is 0.126. The molecular weight excluding hydrogens is 238 g/mol. The minimum Gasteiger partial charge on any atom is -0.371 e.